The van der Waals surface area contributed by atoms with Crippen LogP contribution in [0.15, 0.2) is 0 Å². The largest absolute Gasteiger partial charge is 0.258 e. The molecule has 1 aliphatic carbocycles. The Labute approximate surface area is 56.1 Å². The van der Waals surface area contributed by atoms with Crippen molar-refractivity contribution in [2.45, 2.75) is 19.3 Å². The van der Waals surface area contributed by atoms with Crippen molar-refractivity contribution in [2.24, 2.45) is 11.8 Å². The van der Waals surface area contributed by atoms with E-state index in [1.165, 1.54) is 19.3 Å². The molecule has 0 heterocycles. The van der Waals surface area contributed by atoms with Gasteiger partial charge in [-0.05, 0) is 12.3 Å². The molecule has 0 aromatic carbocycles. The van der Waals surface area contributed by atoms with Crippen molar-refractivity contribution in [3.05, 3.63) is 0 Å². The van der Waals surface area contributed by atoms with Crippen LogP contribution in [0.5, 0.6) is 0 Å². The fourth-order valence-corrected chi connectivity index (χ4v) is 0.847. The zero-order valence-corrected chi connectivity index (χ0v) is 5.93. The average Bonchev–Trinajstić information content (AvgIpc) is 2.65. The summed E-state index contributed by atoms with van der Waals surface area (Å²) in [5.74, 6) is 6.16. The Balaban J connectivity index is 1.90. The maximum Gasteiger partial charge on any atom is 0.0143 e. The van der Waals surface area contributed by atoms with Crippen LogP contribution in [0.3, 0.4) is 0 Å². The van der Waals surface area contributed by atoms with Crippen molar-refractivity contribution < 1.29 is 0 Å². The van der Waals surface area contributed by atoms with E-state index in [0.717, 1.165) is 12.5 Å². The van der Waals surface area contributed by atoms with Gasteiger partial charge in [0.05, 0.1) is 0 Å². The summed E-state index contributed by atoms with van der Waals surface area (Å²) in [6, 6.07) is 0. The molecule has 0 radical (unpaired) electrons. The predicted octanol–water partition coefficient (Wildman–Crippen LogP) is 0.0966. The molecule has 1 fully saturated rings. The third kappa shape index (κ3) is 2.79. The van der Waals surface area contributed by atoms with E-state index in [2.05, 4.69) is 5.53 Å². The number of nitrogens with zero attached hydrogens (tertiary/aromatic N) is 1. The van der Waals surface area contributed by atoms with Gasteiger partial charge in [-0.15, -0.1) is 0 Å². The lowest BCUT2D eigenvalue weighted by Crippen LogP contribution is -2.40. The van der Waals surface area contributed by atoms with E-state index < -0.39 is 0 Å². The fourth-order valence-electron chi connectivity index (χ4n) is 0.847. The molecule has 0 bridgehead atoms. The van der Waals surface area contributed by atoms with E-state index in [4.69, 9.17) is 5.84 Å². The van der Waals surface area contributed by atoms with E-state index in [1.807, 2.05) is 12.1 Å². The summed E-state index contributed by atoms with van der Waals surface area (Å²) in [4.78, 5) is 0. The second-order valence-electron chi connectivity index (χ2n) is 2.78. The first kappa shape index (κ1) is 6.99. The molecule has 0 saturated heterocycles. The predicted molar refractivity (Wildman–Crippen MR) is 37.3 cm³/mol. The summed E-state index contributed by atoms with van der Waals surface area (Å²) < 4.78 is 0. The van der Waals surface area contributed by atoms with Crippen LogP contribution in [0.25, 0.3) is 0 Å². The number of nitrogens with two attached hydrogens (primary N) is 1. The molecule has 54 valence electrons. The van der Waals surface area contributed by atoms with Crippen molar-refractivity contribution >= 4 is 0 Å². The third-order valence-corrected chi connectivity index (χ3v) is 1.79. The molecule has 0 aromatic rings. The minimum absolute atomic E-state index is 1.00. The molecule has 1 rings (SSSR count). The molecule has 0 unspecified atom stereocenters. The second-order valence-corrected chi connectivity index (χ2v) is 2.78. The minimum atomic E-state index is 1.00. The molecule has 3 nitrogen and oxygen atoms in total. The lowest BCUT2D eigenvalue weighted by atomic mass is 10.3. The number of nitrogens with one attached hydrogen (secondary N) is 1. The van der Waals surface area contributed by atoms with Crippen LogP contribution in [-0.4, -0.2) is 18.6 Å². The Kier molecular flexibility index (Phi) is 2.45. The van der Waals surface area contributed by atoms with Crippen LogP contribution >= 0.6 is 0 Å². The minimum Gasteiger partial charge on any atom is -0.258 e. The van der Waals surface area contributed by atoms with E-state index in [0.29, 0.717) is 0 Å². The summed E-state index contributed by atoms with van der Waals surface area (Å²) in [6.07, 6.45) is 4.15. The quantitative estimate of drug-likeness (QED) is 0.418. The summed E-state index contributed by atoms with van der Waals surface area (Å²) in [5.41, 5.74) is 2.58. The molecule has 0 amide bonds. The molecule has 1 aliphatic rings. The highest BCUT2D eigenvalue weighted by Crippen LogP contribution is 2.31. The molecule has 1 saturated carbocycles. The van der Waals surface area contributed by atoms with Crippen LogP contribution < -0.4 is 11.4 Å². The standard InChI is InChI=1S/C6H15N3/c1-9(8-7)5-4-6-2-3-6/h6,8H,2-5,7H2,1H3. The van der Waals surface area contributed by atoms with Crippen molar-refractivity contribution in [3.63, 3.8) is 0 Å². The first-order chi connectivity index (χ1) is 4.33. The smallest absolute Gasteiger partial charge is 0.0143 e. The van der Waals surface area contributed by atoms with Gasteiger partial charge in [0.2, 0.25) is 0 Å². The molecule has 0 aliphatic heterocycles. The number of hydrogen-bond donors (Lipinski definition) is 2. The molecule has 0 aromatic heterocycles. The Morgan fingerprint density at radius 3 is 2.78 bits per heavy atom. The third-order valence-electron chi connectivity index (χ3n) is 1.79. The second kappa shape index (κ2) is 3.15. The molecular weight excluding hydrogens is 114 g/mol. The highest BCUT2D eigenvalue weighted by atomic mass is 15.6. The van der Waals surface area contributed by atoms with Crippen molar-refractivity contribution in [2.75, 3.05) is 13.6 Å². The summed E-state index contributed by atoms with van der Waals surface area (Å²) in [5, 5.41) is 1.92. The SMILES string of the molecule is CN(CCC1CC1)NN. The van der Waals surface area contributed by atoms with Gasteiger partial charge in [0, 0.05) is 13.6 Å². The van der Waals surface area contributed by atoms with Gasteiger partial charge in [0.25, 0.3) is 0 Å². The zero-order chi connectivity index (χ0) is 6.69. The van der Waals surface area contributed by atoms with Crippen molar-refractivity contribution in [3.8, 4) is 0 Å². The van der Waals surface area contributed by atoms with E-state index >= 15 is 0 Å². The highest BCUT2D eigenvalue weighted by molar-refractivity contribution is 4.73. The number of hydrazine groups is 2. The molecule has 3 heteroatoms. The first-order valence-corrected chi connectivity index (χ1v) is 3.50. The average molecular weight is 129 g/mol. The highest BCUT2D eigenvalue weighted by Gasteiger charge is 2.20. The van der Waals surface area contributed by atoms with Gasteiger partial charge in [-0.2, -0.15) is 5.53 Å². The maximum atomic E-state index is 5.15. The maximum absolute atomic E-state index is 5.15. The first-order valence-electron chi connectivity index (χ1n) is 3.50. The van der Waals surface area contributed by atoms with Crippen LogP contribution in [0.2, 0.25) is 0 Å². The topological polar surface area (TPSA) is 41.3 Å². The Hall–Kier alpha value is -0.120. The Morgan fingerprint density at radius 1 is 1.67 bits per heavy atom. The van der Waals surface area contributed by atoms with E-state index in [1.54, 1.807) is 0 Å². The van der Waals surface area contributed by atoms with Crippen LogP contribution in [0, 0.1) is 5.92 Å². The summed E-state index contributed by atoms with van der Waals surface area (Å²) in [7, 11) is 1.96. The lowest BCUT2D eigenvalue weighted by Gasteiger charge is -2.12. The van der Waals surface area contributed by atoms with Gasteiger partial charge in [0.1, 0.15) is 0 Å². The Bertz CT molecular complexity index is 80.4. The summed E-state index contributed by atoms with van der Waals surface area (Å²) in [6.45, 7) is 1.07. The molecule has 3 N–H and O–H groups in total. The normalized spacial score (nSPS) is 19.0. The van der Waals surface area contributed by atoms with E-state index in [9.17, 15) is 0 Å². The van der Waals surface area contributed by atoms with Crippen LogP contribution in [0.1, 0.15) is 19.3 Å². The monoisotopic (exact) mass is 129 g/mol. The van der Waals surface area contributed by atoms with Gasteiger partial charge < -0.3 is 0 Å². The van der Waals surface area contributed by atoms with Gasteiger partial charge in [0.15, 0.2) is 0 Å². The van der Waals surface area contributed by atoms with Crippen LogP contribution in [-0.2, 0) is 0 Å². The van der Waals surface area contributed by atoms with Gasteiger partial charge in [-0.1, -0.05) is 12.8 Å². The summed E-state index contributed by atoms with van der Waals surface area (Å²) >= 11 is 0. The molecule has 9 heavy (non-hydrogen) atoms. The van der Waals surface area contributed by atoms with E-state index in [-0.39, 0.29) is 0 Å². The lowest BCUT2D eigenvalue weighted by molar-refractivity contribution is 0.231. The van der Waals surface area contributed by atoms with Crippen LogP contribution in [0.4, 0.5) is 0 Å². The van der Waals surface area contributed by atoms with Crippen molar-refractivity contribution in [1.29, 1.82) is 0 Å². The molecule has 0 spiro atoms. The molecule has 0 atom stereocenters. The van der Waals surface area contributed by atoms with Gasteiger partial charge in [-0.3, -0.25) is 5.84 Å². The zero-order valence-electron chi connectivity index (χ0n) is 5.93. The van der Waals surface area contributed by atoms with Crippen molar-refractivity contribution in [1.82, 2.24) is 10.5 Å². The molecular formula is C6H15N3. The fraction of sp³-hybridized carbons (Fsp3) is 1.00. The Morgan fingerprint density at radius 2 is 2.33 bits per heavy atom. The number of hydrogen-bond acceptors (Lipinski definition) is 3. The van der Waals surface area contributed by atoms with Gasteiger partial charge >= 0.3 is 0 Å². The number of rotatable bonds is 4. The van der Waals surface area contributed by atoms with Gasteiger partial charge in [-0.25, -0.2) is 5.01 Å².